The molecule has 2 atom stereocenters. The van der Waals surface area contributed by atoms with Gasteiger partial charge in [0.15, 0.2) is 0 Å². The average molecular weight is 185 g/mol. The molecule has 1 fully saturated rings. The zero-order valence-corrected chi connectivity index (χ0v) is 7.77. The van der Waals surface area contributed by atoms with Crippen LogP contribution in [0.25, 0.3) is 0 Å². The first kappa shape index (κ1) is 9.57. The Labute approximate surface area is 78.2 Å². The molecule has 1 rings (SSSR count). The lowest BCUT2D eigenvalue weighted by Crippen LogP contribution is -2.27. The molecule has 0 aliphatic heterocycles. The molecule has 0 aromatic rings. The molecule has 12 heavy (non-hydrogen) atoms. The third kappa shape index (κ3) is 2.84. The van der Waals surface area contributed by atoms with Crippen LogP contribution in [0.1, 0.15) is 19.3 Å². The standard InChI is InChI=1S/C9H13ClN2/c1-7(10)6-12-9-3-2-8(4-9)5-11/h8-9,12H,1-4,6H2. The summed E-state index contributed by atoms with van der Waals surface area (Å²) in [5.41, 5.74) is 0. The van der Waals surface area contributed by atoms with Crippen LogP contribution in [0.15, 0.2) is 11.6 Å². The lowest BCUT2D eigenvalue weighted by molar-refractivity contribution is 0.543. The van der Waals surface area contributed by atoms with Crippen molar-refractivity contribution in [3.63, 3.8) is 0 Å². The second-order valence-corrected chi connectivity index (χ2v) is 3.77. The summed E-state index contributed by atoms with van der Waals surface area (Å²) in [5, 5.41) is 12.5. The van der Waals surface area contributed by atoms with Gasteiger partial charge in [-0.3, -0.25) is 0 Å². The second kappa shape index (κ2) is 4.49. The van der Waals surface area contributed by atoms with E-state index in [1.807, 2.05) is 0 Å². The molecule has 3 heteroatoms. The number of halogens is 1. The molecule has 0 aromatic carbocycles. The molecule has 0 heterocycles. The van der Waals surface area contributed by atoms with E-state index in [0.29, 0.717) is 17.6 Å². The van der Waals surface area contributed by atoms with Gasteiger partial charge in [-0.2, -0.15) is 5.26 Å². The van der Waals surface area contributed by atoms with Gasteiger partial charge in [0, 0.05) is 23.5 Å². The van der Waals surface area contributed by atoms with Crippen molar-refractivity contribution in [1.82, 2.24) is 5.32 Å². The number of hydrogen-bond acceptors (Lipinski definition) is 2. The van der Waals surface area contributed by atoms with Crippen LogP contribution in [-0.2, 0) is 0 Å². The Hall–Kier alpha value is -0.520. The summed E-state index contributed by atoms with van der Waals surface area (Å²) in [6, 6.07) is 2.75. The fraction of sp³-hybridized carbons (Fsp3) is 0.667. The van der Waals surface area contributed by atoms with Gasteiger partial charge >= 0.3 is 0 Å². The van der Waals surface area contributed by atoms with Gasteiger partial charge in [-0.05, 0) is 19.3 Å². The van der Waals surface area contributed by atoms with Crippen molar-refractivity contribution in [2.45, 2.75) is 25.3 Å². The molecule has 0 amide bonds. The summed E-state index contributed by atoms with van der Waals surface area (Å²) in [7, 11) is 0. The maximum absolute atomic E-state index is 8.64. The van der Waals surface area contributed by atoms with Gasteiger partial charge in [0.1, 0.15) is 0 Å². The van der Waals surface area contributed by atoms with Gasteiger partial charge in [0.25, 0.3) is 0 Å². The summed E-state index contributed by atoms with van der Waals surface area (Å²) < 4.78 is 0. The van der Waals surface area contributed by atoms with Crippen LogP contribution in [0.3, 0.4) is 0 Å². The maximum atomic E-state index is 8.64. The van der Waals surface area contributed by atoms with Crippen LogP contribution in [0.4, 0.5) is 0 Å². The number of rotatable bonds is 3. The number of nitrogens with one attached hydrogen (secondary N) is 1. The highest BCUT2D eigenvalue weighted by atomic mass is 35.5. The van der Waals surface area contributed by atoms with E-state index in [1.54, 1.807) is 0 Å². The normalized spacial score (nSPS) is 28.3. The first-order valence-corrected chi connectivity index (χ1v) is 4.56. The fourth-order valence-electron chi connectivity index (χ4n) is 1.54. The molecule has 0 radical (unpaired) electrons. The van der Waals surface area contributed by atoms with Crippen LogP contribution in [0.2, 0.25) is 0 Å². The van der Waals surface area contributed by atoms with Crippen LogP contribution in [0.5, 0.6) is 0 Å². The Morgan fingerprint density at radius 1 is 1.67 bits per heavy atom. The predicted molar refractivity (Wildman–Crippen MR) is 49.7 cm³/mol. The Kier molecular flexibility index (Phi) is 3.58. The maximum Gasteiger partial charge on any atom is 0.0656 e. The van der Waals surface area contributed by atoms with Crippen molar-refractivity contribution in [1.29, 1.82) is 5.26 Å². The van der Waals surface area contributed by atoms with Crippen LogP contribution < -0.4 is 5.32 Å². The van der Waals surface area contributed by atoms with Crippen molar-refractivity contribution in [3.05, 3.63) is 11.6 Å². The summed E-state index contributed by atoms with van der Waals surface area (Å²) in [5.74, 6) is 0.242. The minimum atomic E-state index is 0.242. The van der Waals surface area contributed by atoms with Crippen molar-refractivity contribution >= 4 is 11.6 Å². The molecule has 2 unspecified atom stereocenters. The third-order valence-electron chi connectivity index (χ3n) is 2.20. The minimum Gasteiger partial charge on any atom is -0.309 e. The molecule has 0 bridgehead atoms. The minimum absolute atomic E-state index is 0.242. The first-order valence-electron chi connectivity index (χ1n) is 4.18. The molecule has 0 spiro atoms. The predicted octanol–water partition coefficient (Wildman–Crippen LogP) is 2.02. The summed E-state index contributed by atoms with van der Waals surface area (Å²) >= 11 is 5.60. The van der Waals surface area contributed by atoms with E-state index in [9.17, 15) is 0 Å². The SMILES string of the molecule is C=C(Cl)CNC1CCC(C#N)C1. The highest BCUT2D eigenvalue weighted by Crippen LogP contribution is 2.24. The van der Waals surface area contributed by atoms with Gasteiger partial charge in [-0.15, -0.1) is 0 Å². The lowest BCUT2D eigenvalue weighted by Gasteiger charge is -2.10. The molecular weight excluding hydrogens is 172 g/mol. The van der Waals surface area contributed by atoms with E-state index >= 15 is 0 Å². The molecule has 1 N–H and O–H groups in total. The molecular formula is C9H13ClN2. The Balaban J connectivity index is 2.20. The highest BCUT2D eigenvalue weighted by Gasteiger charge is 2.23. The summed E-state index contributed by atoms with van der Waals surface area (Å²) in [6.07, 6.45) is 3.06. The van der Waals surface area contributed by atoms with Crippen molar-refractivity contribution < 1.29 is 0 Å². The van der Waals surface area contributed by atoms with Gasteiger partial charge in [-0.25, -0.2) is 0 Å². The number of nitrogens with zero attached hydrogens (tertiary/aromatic N) is 1. The molecule has 0 aromatic heterocycles. The lowest BCUT2D eigenvalue weighted by atomic mass is 10.1. The summed E-state index contributed by atoms with van der Waals surface area (Å²) in [4.78, 5) is 0. The monoisotopic (exact) mass is 184 g/mol. The Morgan fingerprint density at radius 2 is 2.42 bits per heavy atom. The van der Waals surface area contributed by atoms with Gasteiger partial charge in [0.05, 0.1) is 6.07 Å². The fourth-order valence-corrected chi connectivity index (χ4v) is 1.62. The second-order valence-electron chi connectivity index (χ2n) is 3.23. The van der Waals surface area contributed by atoms with Gasteiger partial charge in [0.2, 0.25) is 0 Å². The van der Waals surface area contributed by atoms with Crippen molar-refractivity contribution in [2.24, 2.45) is 5.92 Å². The first-order chi connectivity index (χ1) is 5.72. The smallest absolute Gasteiger partial charge is 0.0656 e. The average Bonchev–Trinajstić information content (AvgIpc) is 2.48. The van der Waals surface area contributed by atoms with Crippen LogP contribution >= 0.6 is 11.6 Å². The molecule has 2 nitrogen and oxygen atoms in total. The number of hydrogen-bond donors (Lipinski definition) is 1. The molecule has 1 saturated carbocycles. The van der Waals surface area contributed by atoms with Crippen LogP contribution in [0, 0.1) is 17.2 Å². The van der Waals surface area contributed by atoms with E-state index in [2.05, 4.69) is 18.0 Å². The zero-order chi connectivity index (χ0) is 8.97. The largest absolute Gasteiger partial charge is 0.309 e. The van der Waals surface area contributed by atoms with Crippen molar-refractivity contribution in [3.8, 4) is 6.07 Å². The van der Waals surface area contributed by atoms with Gasteiger partial charge in [-0.1, -0.05) is 18.2 Å². The zero-order valence-electron chi connectivity index (χ0n) is 7.02. The summed E-state index contributed by atoms with van der Waals surface area (Å²) in [6.45, 7) is 4.25. The molecule has 1 aliphatic carbocycles. The molecule has 0 saturated heterocycles. The van der Waals surface area contributed by atoms with E-state index in [0.717, 1.165) is 19.3 Å². The van der Waals surface area contributed by atoms with Crippen molar-refractivity contribution in [2.75, 3.05) is 6.54 Å². The highest BCUT2D eigenvalue weighted by molar-refractivity contribution is 6.29. The Morgan fingerprint density at radius 3 is 2.92 bits per heavy atom. The van der Waals surface area contributed by atoms with E-state index in [4.69, 9.17) is 16.9 Å². The van der Waals surface area contributed by atoms with E-state index < -0.39 is 0 Å². The molecule has 1 aliphatic rings. The van der Waals surface area contributed by atoms with Gasteiger partial charge < -0.3 is 5.32 Å². The third-order valence-corrected chi connectivity index (χ3v) is 2.33. The topological polar surface area (TPSA) is 35.8 Å². The molecule has 66 valence electrons. The van der Waals surface area contributed by atoms with E-state index in [1.165, 1.54) is 0 Å². The van der Waals surface area contributed by atoms with Crippen LogP contribution in [-0.4, -0.2) is 12.6 Å². The quantitative estimate of drug-likeness (QED) is 0.729. The van der Waals surface area contributed by atoms with E-state index in [-0.39, 0.29) is 5.92 Å². The number of nitriles is 1. The Bertz CT molecular complexity index is 207.